The highest BCUT2D eigenvalue weighted by Crippen LogP contribution is 2.26. The fourth-order valence-corrected chi connectivity index (χ4v) is 9.03. The van der Waals surface area contributed by atoms with Crippen LogP contribution >= 0.6 is 0 Å². The Kier molecular flexibility index (Phi) is 43.9. The first-order chi connectivity index (χ1) is 33.1. The second kappa shape index (κ2) is 46.4. The van der Waals surface area contributed by atoms with E-state index < -0.39 is 59.8 Å². The zero-order chi connectivity index (χ0) is 49.6. The van der Waals surface area contributed by atoms with Gasteiger partial charge >= 0.3 is 16.4 Å². The minimum atomic E-state index is -5.07. The molecule has 68 heavy (non-hydrogen) atoms. The van der Waals surface area contributed by atoms with Crippen molar-refractivity contribution in [3.63, 3.8) is 0 Å². The van der Waals surface area contributed by atoms with E-state index in [1.807, 2.05) is 0 Å². The van der Waals surface area contributed by atoms with Crippen LogP contribution in [0.3, 0.4) is 0 Å². The molecular weight excluding hydrogens is 885 g/mol. The summed E-state index contributed by atoms with van der Waals surface area (Å²) in [4.78, 5) is 12.9. The molecule has 13 heteroatoms. The number of hydrogen-bond donors (Lipinski definition) is 4. The van der Waals surface area contributed by atoms with Gasteiger partial charge in [-0.2, -0.15) is 8.42 Å². The van der Waals surface area contributed by atoms with Crippen LogP contribution in [-0.4, -0.2) is 97.5 Å². The van der Waals surface area contributed by atoms with Gasteiger partial charge in [0, 0.05) is 13.0 Å². The Hall–Kier alpha value is -1.68. The van der Waals surface area contributed by atoms with Gasteiger partial charge in [0.2, 0.25) is 0 Å². The van der Waals surface area contributed by atoms with Gasteiger partial charge in [-0.15, -0.1) is 0 Å². The van der Waals surface area contributed by atoms with E-state index in [1.165, 1.54) is 167 Å². The first kappa shape index (κ1) is 64.3. The van der Waals surface area contributed by atoms with Crippen LogP contribution in [0, 0.1) is 0 Å². The third-order valence-corrected chi connectivity index (χ3v) is 13.2. The molecule has 1 aliphatic heterocycles. The number of hydrogen-bond acceptors (Lipinski definition) is 11. The van der Waals surface area contributed by atoms with Crippen molar-refractivity contribution < 1.29 is 56.2 Å². The van der Waals surface area contributed by atoms with Crippen molar-refractivity contribution >= 4 is 16.4 Å². The van der Waals surface area contributed by atoms with Crippen LogP contribution in [0.1, 0.15) is 245 Å². The Morgan fingerprint density at radius 3 is 1.44 bits per heavy atom. The van der Waals surface area contributed by atoms with Crippen LogP contribution in [0.2, 0.25) is 0 Å². The summed E-state index contributed by atoms with van der Waals surface area (Å²) in [7, 11) is -5.07. The topological polar surface area (TPSA) is 178 Å². The molecule has 0 radical (unpaired) electrons. The van der Waals surface area contributed by atoms with Gasteiger partial charge in [0.05, 0.1) is 19.8 Å². The summed E-state index contributed by atoms with van der Waals surface area (Å²) in [6.07, 6.45) is 47.5. The molecule has 1 aliphatic rings. The number of allylic oxidation sites excluding steroid dienone is 6. The normalized spacial score (nSPS) is 19.5. The van der Waals surface area contributed by atoms with E-state index in [0.717, 1.165) is 51.4 Å². The molecule has 6 atom stereocenters. The third kappa shape index (κ3) is 39.0. The molecule has 4 N–H and O–H groups in total. The van der Waals surface area contributed by atoms with Gasteiger partial charge in [-0.25, -0.2) is 4.18 Å². The van der Waals surface area contributed by atoms with Crippen LogP contribution in [0.4, 0.5) is 0 Å². The van der Waals surface area contributed by atoms with E-state index in [2.05, 4.69) is 54.5 Å². The summed E-state index contributed by atoms with van der Waals surface area (Å²) < 4.78 is 59.4. The lowest BCUT2D eigenvalue weighted by atomic mass is 9.99. The fourth-order valence-electron chi connectivity index (χ4n) is 8.52. The van der Waals surface area contributed by atoms with Crippen LogP contribution in [0.5, 0.6) is 0 Å². The second-order valence-corrected chi connectivity index (χ2v) is 20.2. The Morgan fingerprint density at radius 1 is 0.559 bits per heavy atom. The molecule has 1 fully saturated rings. The molecule has 1 heterocycles. The minimum absolute atomic E-state index is 0.0351. The van der Waals surface area contributed by atoms with Gasteiger partial charge < -0.3 is 34.3 Å². The number of rotatable bonds is 49. The molecule has 0 spiro atoms. The molecule has 0 aromatic heterocycles. The Balaban J connectivity index is 2.32. The predicted molar refractivity (Wildman–Crippen MR) is 276 cm³/mol. The van der Waals surface area contributed by atoms with Gasteiger partial charge in [-0.1, -0.05) is 204 Å². The van der Waals surface area contributed by atoms with Crippen molar-refractivity contribution in [3.05, 3.63) is 36.5 Å². The Morgan fingerprint density at radius 2 is 0.971 bits per heavy atom. The van der Waals surface area contributed by atoms with Crippen molar-refractivity contribution in [1.82, 2.24) is 0 Å². The van der Waals surface area contributed by atoms with Crippen molar-refractivity contribution in [1.29, 1.82) is 0 Å². The van der Waals surface area contributed by atoms with Gasteiger partial charge in [-0.3, -0.25) is 9.35 Å². The molecule has 1 saturated heterocycles. The Bertz CT molecular complexity index is 1320. The molecule has 0 amide bonds. The fraction of sp³-hybridized carbons (Fsp3) is 0.873. The number of carbonyl (C=O) groups is 1. The van der Waals surface area contributed by atoms with Gasteiger partial charge in [0.25, 0.3) is 0 Å². The first-order valence-corrected chi connectivity index (χ1v) is 29.1. The van der Waals surface area contributed by atoms with E-state index in [0.29, 0.717) is 13.0 Å². The standard InChI is InChI=1S/C55H102O12S/c1-3-5-7-9-11-13-15-17-19-21-23-24-25-27-29-31-33-35-37-39-41-43-45-63-47-49(48-64-55-53(59)54(67-68(60,61)62)52(58)50(46-56)66-55)65-51(57)44-42-40-38-36-34-32-30-28-26-22-20-18-16-14-12-10-8-6-4-2/h12,14,18,20-21,23,49-50,52-56,58-59H,3-11,13,15-17,19,22,24-48H2,1-2H3,(H,60,61,62)/b14-12-,20-18-,23-21-. The average molecular weight is 987 g/mol. The Labute approximate surface area is 415 Å². The zero-order valence-electron chi connectivity index (χ0n) is 43.2. The minimum Gasteiger partial charge on any atom is -0.457 e. The number of unbranched alkanes of at least 4 members (excludes halogenated alkanes) is 30. The number of carbonyl (C=O) groups excluding carboxylic acids is 1. The van der Waals surface area contributed by atoms with E-state index in [-0.39, 0.29) is 19.6 Å². The summed E-state index contributed by atoms with van der Waals surface area (Å²) in [5.74, 6) is -0.401. The molecule has 6 unspecified atom stereocenters. The van der Waals surface area contributed by atoms with Crippen molar-refractivity contribution in [2.24, 2.45) is 0 Å². The number of aliphatic hydroxyl groups excluding tert-OH is 3. The zero-order valence-corrected chi connectivity index (χ0v) is 44.0. The number of ether oxygens (including phenoxy) is 4. The van der Waals surface area contributed by atoms with Gasteiger partial charge in [0.15, 0.2) is 6.29 Å². The van der Waals surface area contributed by atoms with Crippen LogP contribution in [-0.2, 0) is 38.3 Å². The van der Waals surface area contributed by atoms with E-state index in [9.17, 15) is 33.1 Å². The third-order valence-electron chi connectivity index (χ3n) is 12.7. The molecule has 0 bridgehead atoms. The highest BCUT2D eigenvalue weighted by molar-refractivity contribution is 7.80. The summed E-state index contributed by atoms with van der Waals surface area (Å²) in [5.41, 5.74) is 0. The smallest absolute Gasteiger partial charge is 0.397 e. The summed E-state index contributed by atoms with van der Waals surface area (Å²) in [6, 6.07) is 0. The highest BCUT2D eigenvalue weighted by atomic mass is 32.3. The quantitative estimate of drug-likeness (QED) is 0.0197. The highest BCUT2D eigenvalue weighted by Gasteiger charge is 2.48. The van der Waals surface area contributed by atoms with E-state index >= 15 is 0 Å². The summed E-state index contributed by atoms with van der Waals surface area (Å²) >= 11 is 0. The maximum Gasteiger partial charge on any atom is 0.397 e. The lowest BCUT2D eigenvalue weighted by molar-refractivity contribution is -0.301. The molecule has 0 saturated carbocycles. The molecule has 0 aliphatic carbocycles. The molecule has 0 aromatic rings. The maximum atomic E-state index is 12.9. The monoisotopic (exact) mass is 987 g/mol. The van der Waals surface area contributed by atoms with Crippen molar-refractivity contribution in [2.45, 2.75) is 282 Å². The van der Waals surface area contributed by atoms with E-state index in [1.54, 1.807) is 0 Å². The number of aliphatic hydroxyl groups is 3. The van der Waals surface area contributed by atoms with Crippen LogP contribution in [0.15, 0.2) is 36.5 Å². The molecular formula is C55H102O12S. The SMILES string of the molecule is CCCCC/C=C\C/C=C\CCCCCCCCCCCC(=O)OC(COCCCCCCCCCCCC/C=C\CCCCCCCCCC)COC1OC(CO)C(O)C(OS(=O)(=O)O)C1O. The summed E-state index contributed by atoms with van der Waals surface area (Å²) in [5, 5.41) is 30.8. The molecule has 12 nitrogen and oxygen atoms in total. The van der Waals surface area contributed by atoms with Crippen molar-refractivity contribution in [3.8, 4) is 0 Å². The van der Waals surface area contributed by atoms with Crippen LogP contribution in [0.25, 0.3) is 0 Å². The second-order valence-electron chi connectivity index (χ2n) is 19.2. The lowest BCUT2D eigenvalue weighted by Crippen LogP contribution is -2.60. The first-order valence-electron chi connectivity index (χ1n) is 27.7. The van der Waals surface area contributed by atoms with Gasteiger partial charge in [-0.05, 0) is 70.6 Å². The molecule has 0 aromatic carbocycles. The molecule has 400 valence electrons. The molecule has 1 rings (SSSR count). The van der Waals surface area contributed by atoms with Crippen LogP contribution < -0.4 is 0 Å². The number of esters is 1. The average Bonchev–Trinajstić information content (AvgIpc) is 3.31. The predicted octanol–water partition coefficient (Wildman–Crippen LogP) is 13.3. The van der Waals surface area contributed by atoms with Gasteiger partial charge in [0.1, 0.15) is 30.5 Å². The maximum absolute atomic E-state index is 12.9. The summed E-state index contributed by atoms with van der Waals surface area (Å²) in [6.45, 7) is 4.00. The lowest BCUT2D eigenvalue weighted by Gasteiger charge is -2.41. The largest absolute Gasteiger partial charge is 0.457 e. The van der Waals surface area contributed by atoms with Crippen molar-refractivity contribution in [2.75, 3.05) is 26.4 Å². The van der Waals surface area contributed by atoms with E-state index in [4.69, 9.17) is 18.9 Å².